The minimum Gasteiger partial charge on any atom is -0.456 e. The van der Waals surface area contributed by atoms with Crippen molar-refractivity contribution in [2.75, 3.05) is 9.80 Å². The van der Waals surface area contributed by atoms with E-state index in [9.17, 15) is 0 Å². The van der Waals surface area contributed by atoms with Crippen molar-refractivity contribution >= 4 is 79.2 Å². The van der Waals surface area contributed by atoms with Gasteiger partial charge < -0.3 is 14.2 Å². The highest BCUT2D eigenvalue weighted by Crippen LogP contribution is 2.56. The molecule has 0 saturated heterocycles. The monoisotopic (exact) mass is 848 g/mol. The summed E-state index contributed by atoms with van der Waals surface area (Å²) >= 11 is 0. The van der Waals surface area contributed by atoms with Crippen molar-refractivity contribution in [1.82, 2.24) is 0 Å². The van der Waals surface area contributed by atoms with Crippen LogP contribution in [0.3, 0.4) is 0 Å². The minimum atomic E-state index is -0.219. The summed E-state index contributed by atoms with van der Waals surface area (Å²) in [5, 5.41) is 2.28. The van der Waals surface area contributed by atoms with Gasteiger partial charge in [-0.15, -0.1) is 0 Å². The average Bonchev–Trinajstić information content (AvgIpc) is 3.72. The Bertz CT molecular complexity index is 3390. The highest BCUT2D eigenvalue weighted by Gasteiger charge is 2.50. The molecule has 8 aromatic rings. The number of hydrogen-bond acceptors (Lipinski definition) is 3. The molecule has 65 heavy (non-hydrogen) atoms. The lowest BCUT2D eigenvalue weighted by molar-refractivity contribution is 0.403. The molecule has 1 aromatic heterocycles. The third-order valence-corrected chi connectivity index (χ3v) is 16.4. The largest absolute Gasteiger partial charge is 0.456 e. The average molecular weight is 849 g/mol. The fraction of sp³-hybridized carbons (Fsp3) is 0.311. The summed E-state index contributed by atoms with van der Waals surface area (Å²) in [5.74, 6) is 0. The Kier molecular flexibility index (Phi) is 8.02. The van der Waals surface area contributed by atoms with Gasteiger partial charge in [0.15, 0.2) is 0 Å². The van der Waals surface area contributed by atoms with E-state index in [-0.39, 0.29) is 33.8 Å². The second-order valence-electron chi connectivity index (χ2n) is 23.5. The summed E-state index contributed by atoms with van der Waals surface area (Å²) in [4.78, 5) is 5.28. The molecule has 3 heterocycles. The zero-order chi connectivity index (χ0) is 45.5. The fourth-order valence-electron chi connectivity index (χ4n) is 13.4. The van der Waals surface area contributed by atoms with E-state index in [4.69, 9.17) is 4.42 Å². The van der Waals surface area contributed by atoms with Crippen LogP contribution in [0.5, 0.6) is 0 Å². The maximum absolute atomic E-state index is 6.66. The number of fused-ring (bicyclic) bond motifs is 10. The topological polar surface area (TPSA) is 19.6 Å². The molecule has 7 aromatic carbocycles. The summed E-state index contributed by atoms with van der Waals surface area (Å²) in [6, 6.07) is 47.1. The molecule has 2 aliphatic carbocycles. The molecule has 4 aliphatic rings. The highest BCUT2D eigenvalue weighted by molar-refractivity contribution is 7.00. The van der Waals surface area contributed by atoms with Crippen molar-refractivity contribution < 1.29 is 4.42 Å². The van der Waals surface area contributed by atoms with Gasteiger partial charge in [0.1, 0.15) is 11.2 Å². The van der Waals surface area contributed by atoms with Gasteiger partial charge in [0.25, 0.3) is 6.71 Å². The Labute approximate surface area is 386 Å². The van der Waals surface area contributed by atoms with Crippen molar-refractivity contribution in [2.45, 2.75) is 124 Å². The van der Waals surface area contributed by atoms with Crippen LogP contribution in [0, 0.1) is 13.8 Å². The molecule has 0 N–H and O–H groups in total. The molecule has 3 nitrogen and oxygen atoms in total. The van der Waals surface area contributed by atoms with Crippen molar-refractivity contribution in [3.63, 3.8) is 0 Å². The van der Waals surface area contributed by atoms with Crippen LogP contribution in [0.15, 0.2) is 126 Å². The highest BCUT2D eigenvalue weighted by atomic mass is 16.3. The molecule has 4 heteroatoms. The Hall–Kier alpha value is -6.00. The normalized spacial score (nSPS) is 18.0. The van der Waals surface area contributed by atoms with Crippen molar-refractivity contribution in [1.29, 1.82) is 0 Å². The van der Waals surface area contributed by atoms with Crippen LogP contribution in [0.25, 0.3) is 21.9 Å². The molecular weight excluding hydrogens is 787 g/mol. The van der Waals surface area contributed by atoms with E-state index in [1.54, 1.807) is 0 Å². The maximum Gasteiger partial charge on any atom is 0.252 e. The van der Waals surface area contributed by atoms with E-state index < -0.39 is 0 Å². The molecule has 0 radical (unpaired) electrons. The van der Waals surface area contributed by atoms with Gasteiger partial charge in [-0.2, -0.15) is 0 Å². The van der Waals surface area contributed by atoms with Crippen LogP contribution in [0.2, 0.25) is 0 Å². The summed E-state index contributed by atoms with van der Waals surface area (Å²) in [6.07, 6.45) is 1.11. The predicted molar refractivity (Wildman–Crippen MR) is 277 cm³/mol. The zero-order valence-electron chi connectivity index (χ0n) is 40.6. The zero-order valence-corrected chi connectivity index (χ0v) is 40.6. The Morgan fingerprint density at radius 1 is 0.492 bits per heavy atom. The van der Waals surface area contributed by atoms with Gasteiger partial charge in [0.2, 0.25) is 0 Å². The minimum absolute atomic E-state index is 0.00116. The van der Waals surface area contributed by atoms with Crippen molar-refractivity contribution in [3.05, 3.63) is 171 Å². The lowest BCUT2D eigenvalue weighted by Crippen LogP contribution is -2.62. The Morgan fingerprint density at radius 3 is 1.66 bits per heavy atom. The number of furan rings is 1. The number of anilines is 6. The van der Waals surface area contributed by atoms with Crippen LogP contribution >= 0.6 is 0 Å². The lowest BCUT2D eigenvalue weighted by Gasteiger charge is -2.48. The number of hydrogen-bond donors (Lipinski definition) is 0. The van der Waals surface area contributed by atoms with E-state index in [1.165, 1.54) is 94.9 Å². The van der Waals surface area contributed by atoms with Crippen LogP contribution in [0.4, 0.5) is 34.1 Å². The molecule has 0 unspecified atom stereocenters. The summed E-state index contributed by atoms with van der Waals surface area (Å²) in [5.41, 5.74) is 25.6. The van der Waals surface area contributed by atoms with E-state index in [0.717, 1.165) is 34.0 Å². The fourth-order valence-corrected chi connectivity index (χ4v) is 13.4. The molecule has 0 atom stereocenters. The first-order valence-corrected chi connectivity index (χ1v) is 23.9. The predicted octanol–water partition coefficient (Wildman–Crippen LogP) is 14.5. The molecule has 0 fully saturated rings. The molecule has 2 aliphatic heterocycles. The second kappa shape index (κ2) is 12.9. The van der Waals surface area contributed by atoms with Gasteiger partial charge in [0.05, 0.1) is 11.1 Å². The van der Waals surface area contributed by atoms with Crippen molar-refractivity contribution in [3.8, 4) is 0 Å². The molecular formula is C61H61BN2O. The van der Waals surface area contributed by atoms with Crippen LogP contribution in [-0.4, -0.2) is 6.71 Å². The van der Waals surface area contributed by atoms with Gasteiger partial charge in [-0.1, -0.05) is 149 Å². The smallest absolute Gasteiger partial charge is 0.252 e. The SMILES string of the molecule is Cc1cc2c3c(c1)N(c1cccc4oc5ccccc5c14)c1cc4c(cc1B3c1cc3c(cc1N2c1ccc(C(C)(C)C)cc1C)C(C)(C)CC3(C)C)C(C)(C)c1ccccc1C4(C)C. The maximum atomic E-state index is 6.66. The van der Waals surface area contributed by atoms with Crippen LogP contribution < -0.4 is 26.2 Å². The molecule has 0 spiro atoms. The summed E-state index contributed by atoms with van der Waals surface area (Å²) in [6.45, 7) is 31.2. The van der Waals surface area contributed by atoms with Gasteiger partial charge in [-0.25, -0.2) is 0 Å². The number of nitrogens with zero attached hydrogens (tertiary/aromatic N) is 2. The first-order valence-electron chi connectivity index (χ1n) is 23.9. The summed E-state index contributed by atoms with van der Waals surface area (Å²) in [7, 11) is 0. The Morgan fingerprint density at radius 2 is 1.03 bits per heavy atom. The van der Waals surface area contributed by atoms with E-state index in [1.807, 2.05) is 0 Å². The number of rotatable bonds is 2. The first kappa shape index (κ1) is 40.5. The van der Waals surface area contributed by atoms with Gasteiger partial charge >= 0.3 is 0 Å². The lowest BCUT2D eigenvalue weighted by atomic mass is 9.32. The third kappa shape index (κ3) is 5.43. The van der Waals surface area contributed by atoms with E-state index in [2.05, 4.69) is 221 Å². The van der Waals surface area contributed by atoms with Gasteiger partial charge in [-0.05, 0) is 152 Å². The molecule has 0 amide bonds. The van der Waals surface area contributed by atoms with Crippen LogP contribution in [-0.2, 0) is 27.1 Å². The third-order valence-electron chi connectivity index (χ3n) is 16.4. The molecule has 12 rings (SSSR count). The molecule has 324 valence electrons. The number of benzene rings is 7. The second-order valence-corrected chi connectivity index (χ2v) is 23.5. The van der Waals surface area contributed by atoms with Gasteiger partial charge in [-0.3, -0.25) is 0 Å². The van der Waals surface area contributed by atoms with Gasteiger partial charge in [0, 0.05) is 44.7 Å². The number of aryl methyl sites for hydroxylation is 2. The Balaban J connectivity index is 1.24. The van der Waals surface area contributed by atoms with E-state index >= 15 is 0 Å². The molecule has 0 saturated carbocycles. The number of para-hydroxylation sites is 1. The first-order chi connectivity index (χ1) is 30.7. The van der Waals surface area contributed by atoms with E-state index in [0.29, 0.717) is 0 Å². The standard InChI is InChI=1S/C61H61BN2O/c1-35-27-51-56-52(28-35)64(48-22-18-24-54-55(48)38-19-14-17-23-53(38)65-54)50-33-44-43(60(10,11)39-20-15-16-21-40(39)61(44,12)13)31-46(50)62(56)45-30-41-42(59(8,9)34-58(41,6)7)32-49(45)63(51)47-26-25-37(29-36(47)2)57(3,4)5/h14-33H,34H2,1-13H3. The molecule has 0 bridgehead atoms. The van der Waals surface area contributed by atoms with Crippen LogP contribution in [0.1, 0.15) is 133 Å². The quantitative estimate of drug-likeness (QED) is 0.162. The van der Waals surface area contributed by atoms with Crippen molar-refractivity contribution in [2.24, 2.45) is 0 Å². The summed E-state index contributed by atoms with van der Waals surface area (Å²) < 4.78 is 6.66.